The van der Waals surface area contributed by atoms with Gasteiger partial charge in [0.25, 0.3) is 0 Å². The Balaban J connectivity index is 2.17. The van der Waals surface area contributed by atoms with Crippen LogP contribution in [0.2, 0.25) is 0 Å². The van der Waals surface area contributed by atoms with Crippen LogP contribution >= 0.6 is 0 Å². The lowest BCUT2D eigenvalue weighted by Crippen LogP contribution is -2.52. The number of nitrogens with one attached hydrogen (secondary N) is 2. The van der Waals surface area contributed by atoms with Crippen LogP contribution in [0.15, 0.2) is 11.3 Å². The highest BCUT2D eigenvalue weighted by Crippen LogP contribution is 2.15. The number of ether oxygens (including phenoxy) is 2. The molecule has 7 heteroatoms. The van der Waals surface area contributed by atoms with E-state index in [0.29, 0.717) is 37.6 Å². The van der Waals surface area contributed by atoms with Gasteiger partial charge in [0.15, 0.2) is 0 Å². The topological polar surface area (TPSA) is 79.9 Å². The first-order chi connectivity index (χ1) is 9.61. The van der Waals surface area contributed by atoms with Crippen molar-refractivity contribution in [3.05, 3.63) is 11.3 Å². The first-order valence-corrected chi connectivity index (χ1v) is 6.89. The van der Waals surface area contributed by atoms with E-state index in [1.165, 1.54) is 0 Å². The van der Waals surface area contributed by atoms with Crippen molar-refractivity contribution < 1.29 is 19.1 Å². The SMILES string of the molecule is CCOC(=O)C1=C(CN2CCOCC2)NC(=O)N[C@H]1C. The van der Waals surface area contributed by atoms with E-state index in [0.717, 1.165) is 13.1 Å². The average molecular weight is 283 g/mol. The Morgan fingerprint density at radius 3 is 2.80 bits per heavy atom. The highest BCUT2D eigenvalue weighted by atomic mass is 16.5. The number of carbonyl (C=O) groups excluding carboxylic acids is 2. The molecule has 1 saturated heterocycles. The normalized spacial score (nSPS) is 24.1. The molecule has 0 radical (unpaired) electrons. The summed E-state index contributed by atoms with van der Waals surface area (Å²) < 4.78 is 10.4. The van der Waals surface area contributed by atoms with Crippen molar-refractivity contribution in [1.29, 1.82) is 0 Å². The van der Waals surface area contributed by atoms with E-state index in [1.54, 1.807) is 13.8 Å². The number of amides is 2. The van der Waals surface area contributed by atoms with Crippen LogP contribution in [0.1, 0.15) is 13.8 Å². The second kappa shape index (κ2) is 6.71. The maximum absolute atomic E-state index is 12.1. The summed E-state index contributed by atoms with van der Waals surface area (Å²) in [6.45, 7) is 7.30. The highest BCUT2D eigenvalue weighted by Gasteiger charge is 2.30. The van der Waals surface area contributed by atoms with Crippen LogP contribution in [0.4, 0.5) is 4.79 Å². The minimum atomic E-state index is -0.379. The second-order valence-corrected chi connectivity index (χ2v) is 4.82. The molecule has 2 heterocycles. The molecule has 1 atom stereocenters. The first-order valence-electron chi connectivity index (χ1n) is 6.89. The van der Waals surface area contributed by atoms with Crippen LogP contribution in [0.3, 0.4) is 0 Å². The van der Waals surface area contributed by atoms with Gasteiger partial charge in [-0.3, -0.25) is 4.90 Å². The van der Waals surface area contributed by atoms with Crippen molar-refractivity contribution in [2.45, 2.75) is 19.9 Å². The molecule has 2 aliphatic heterocycles. The van der Waals surface area contributed by atoms with Crippen molar-refractivity contribution in [3.8, 4) is 0 Å². The van der Waals surface area contributed by atoms with Crippen molar-refractivity contribution >= 4 is 12.0 Å². The van der Waals surface area contributed by atoms with Crippen molar-refractivity contribution in [2.75, 3.05) is 39.5 Å². The van der Waals surface area contributed by atoms with Gasteiger partial charge >= 0.3 is 12.0 Å². The van der Waals surface area contributed by atoms with Gasteiger partial charge in [-0.1, -0.05) is 0 Å². The Bertz CT molecular complexity index is 416. The van der Waals surface area contributed by atoms with Crippen LogP contribution in [0, 0.1) is 0 Å². The number of morpholine rings is 1. The number of nitrogens with zero attached hydrogens (tertiary/aromatic N) is 1. The number of rotatable bonds is 4. The van der Waals surface area contributed by atoms with Gasteiger partial charge in [-0.05, 0) is 13.8 Å². The Morgan fingerprint density at radius 2 is 2.15 bits per heavy atom. The standard InChI is InChI=1S/C13H21N3O4/c1-3-20-12(17)11-9(2)14-13(18)15-10(11)8-16-4-6-19-7-5-16/h9H,3-8H2,1-2H3,(H2,14,15,18)/t9-/m0/s1. The Labute approximate surface area is 118 Å². The molecule has 0 aromatic carbocycles. The first kappa shape index (κ1) is 14.8. The summed E-state index contributed by atoms with van der Waals surface area (Å²) in [6.07, 6.45) is 0. The smallest absolute Gasteiger partial charge is 0.337 e. The van der Waals surface area contributed by atoms with Crippen molar-refractivity contribution in [2.24, 2.45) is 0 Å². The molecule has 112 valence electrons. The van der Waals surface area contributed by atoms with Gasteiger partial charge in [-0.2, -0.15) is 0 Å². The van der Waals surface area contributed by atoms with Crippen LogP contribution in [0.25, 0.3) is 0 Å². The van der Waals surface area contributed by atoms with E-state index >= 15 is 0 Å². The summed E-state index contributed by atoms with van der Waals surface area (Å²) in [5, 5.41) is 5.41. The molecular formula is C13H21N3O4. The molecule has 2 aliphatic rings. The number of urea groups is 1. The predicted molar refractivity (Wildman–Crippen MR) is 72.0 cm³/mol. The van der Waals surface area contributed by atoms with E-state index in [9.17, 15) is 9.59 Å². The number of hydrogen-bond acceptors (Lipinski definition) is 5. The molecule has 2 amide bonds. The van der Waals surface area contributed by atoms with Crippen LogP contribution in [0.5, 0.6) is 0 Å². The lowest BCUT2D eigenvalue weighted by atomic mass is 10.0. The lowest BCUT2D eigenvalue weighted by Gasteiger charge is -2.32. The summed E-state index contributed by atoms with van der Waals surface area (Å²) in [4.78, 5) is 25.8. The van der Waals surface area contributed by atoms with Crippen LogP contribution in [-0.2, 0) is 14.3 Å². The Hall–Kier alpha value is -1.60. The predicted octanol–water partition coefficient (Wildman–Crippen LogP) is -0.163. The van der Waals surface area contributed by atoms with Gasteiger partial charge in [-0.15, -0.1) is 0 Å². The fourth-order valence-electron chi connectivity index (χ4n) is 2.39. The van der Waals surface area contributed by atoms with E-state index in [-0.39, 0.29) is 18.0 Å². The van der Waals surface area contributed by atoms with E-state index in [1.807, 2.05) is 0 Å². The maximum atomic E-state index is 12.1. The molecule has 0 aromatic heterocycles. The third-order valence-electron chi connectivity index (χ3n) is 3.35. The van der Waals surface area contributed by atoms with Crippen LogP contribution in [-0.4, -0.2) is 62.4 Å². The molecule has 0 bridgehead atoms. The number of esters is 1. The van der Waals surface area contributed by atoms with Gasteiger partial charge in [-0.25, -0.2) is 9.59 Å². The molecular weight excluding hydrogens is 262 g/mol. The van der Waals surface area contributed by atoms with E-state index in [4.69, 9.17) is 9.47 Å². The third-order valence-corrected chi connectivity index (χ3v) is 3.35. The van der Waals surface area contributed by atoms with Gasteiger partial charge < -0.3 is 20.1 Å². The number of carbonyl (C=O) groups is 2. The minimum Gasteiger partial charge on any atom is -0.463 e. The van der Waals surface area contributed by atoms with E-state index in [2.05, 4.69) is 15.5 Å². The highest BCUT2D eigenvalue weighted by molar-refractivity contribution is 5.94. The zero-order valence-corrected chi connectivity index (χ0v) is 11.9. The Morgan fingerprint density at radius 1 is 1.45 bits per heavy atom. The molecule has 0 aromatic rings. The summed E-state index contributed by atoms with van der Waals surface area (Å²) >= 11 is 0. The van der Waals surface area contributed by atoms with E-state index < -0.39 is 0 Å². The van der Waals surface area contributed by atoms with Gasteiger partial charge in [0.1, 0.15) is 0 Å². The molecule has 0 aliphatic carbocycles. The minimum absolute atomic E-state index is 0.284. The van der Waals surface area contributed by atoms with Gasteiger partial charge in [0.2, 0.25) is 0 Å². The molecule has 0 saturated carbocycles. The molecule has 0 unspecified atom stereocenters. The summed E-state index contributed by atoms with van der Waals surface area (Å²) in [5.74, 6) is -0.379. The van der Waals surface area contributed by atoms with Crippen molar-refractivity contribution in [3.63, 3.8) is 0 Å². The largest absolute Gasteiger partial charge is 0.463 e. The lowest BCUT2D eigenvalue weighted by molar-refractivity contribution is -0.139. The molecule has 1 fully saturated rings. The number of hydrogen-bond donors (Lipinski definition) is 2. The molecule has 2 rings (SSSR count). The van der Waals surface area contributed by atoms with Crippen molar-refractivity contribution in [1.82, 2.24) is 15.5 Å². The fraction of sp³-hybridized carbons (Fsp3) is 0.692. The Kier molecular flexibility index (Phi) is 4.97. The third kappa shape index (κ3) is 3.49. The molecule has 7 nitrogen and oxygen atoms in total. The van der Waals surface area contributed by atoms with Gasteiger partial charge in [0, 0.05) is 25.3 Å². The summed E-state index contributed by atoms with van der Waals surface area (Å²) in [7, 11) is 0. The van der Waals surface area contributed by atoms with Crippen LogP contribution < -0.4 is 10.6 Å². The zero-order chi connectivity index (χ0) is 14.5. The molecule has 0 spiro atoms. The maximum Gasteiger partial charge on any atom is 0.337 e. The molecule has 2 N–H and O–H groups in total. The zero-order valence-electron chi connectivity index (χ0n) is 11.9. The second-order valence-electron chi connectivity index (χ2n) is 4.82. The fourth-order valence-corrected chi connectivity index (χ4v) is 2.39. The molecule has 20 heavy (non-hydrogen) atoms. The quantitative estimate of drug-likeness (QED) is 0.701. The summed E-state index contributed by atoms with van der Waals surface area (Å²) in [5.41, 5.74) is 1.12. The average Bonchev–Trinajstić information content (AvgIpc) is 2.39. The monoisotopic (exact) mass is 283 g/mol. The summed E-state index contributed by atoms with van der Waals surface area (Å²) in [6, 6.07) is -0.632. The van der Waals surface area contributed by atoms with Gasteiger partial charge in [0.05, 0.1) is 31.4 Å².